The molecule has 142 valence electrons. The number of likely N-dealkylation sites (tertiary alicyclic amines) is 1. The second-order valence-corrected chi connectivity index (χ2v) is 8.54. The van der Waals surface area contributed by atoms with Crippen LogP contribution in [0.15, 0.2) is 54.6 Å². The highest BCUT2D eigenvalue weighted by Gasteiger charge is 2.34. The number of aliphatic hydroxyl groups is 1. The summed E-state index contributed by atoms with van der Waals surface area (Å²) in [5.74, 6) is 0.902. The van der Waals surface area contributed by atoms with E-state index >= 15 is 0 Å². The molecule has 4 rings (SSSR count). The van der Waals surface area contributed by atoms with E-state index in [4.69, 9.17) is 9.72 Å². The van der Waals surface area contributed by atoms with Crippen LogP contribution in [-0.4, -0.2) is 41.3 Å². The normalized spacial score (nSPS) is 17.2. The van der Waals surface area contributed by atoms with Gasteiger partial charge < -0.3 is 9.84 Å². The molecule has 0 bridgehead atoms. The summed E-state index contributed by atoms with van der Waals surface area (Å²) >= 11 is 1.79. The Labute approximate surface area is 164 Å². The highest BCUT2D eigenvalue weighted by molar-refractivity contribution is 7.18. The molecule has 0 spiro atoms. The van der Waals surface area contributed by atoms with Crippen molar-refractivity contribution in [1.82, 2.24) is 9.88 Å². The number of aliphatic hydroxyl groups excluding tert-OH is 1. The van der Waals surface area contributed by atoms with Crippen LogP contribution in [0.3, 0.4) is 0 Å². The number of ether oxygens (including phenoxy) is 1. The Morgan fingerprint density at radius 1 is 1.04 bits per heavy atom. The Bertz CT molecular complexity index is 824. The van der Waals surface area contributed by atoms with Gasteiger partial charge in [-0.1, -0.05) is 30.3 Å². The lowest BCUT2D eigenvalue weighted by molar-refractivity contribution is 0.0243. The number of benzene rings is 2. The molecular formula is C22H26N2O2S. The van der Waals surface area contributed by atoms with Gasteiger partial charge in [0.15, 0.2) is 0 Å². The van der Waals surface area contributed by atoms with Crippen molar-refractivity contribution in [2.75, 3.05) is 26.3 Å². The topological polar surface area (TPSA) is 45.6 Å². The van der Waals surface area contributed by atoms with Gasteiger partial charge in [0, 0.05) is 6.61 Å². The van der Waals surface area contributed by atoms with Crippen molar-refractivity contribution in [3.05, 3.63) is 59.6 Å². The lowest BCUT2D eigenvalue weighted by Gasteiger charge is -2.40. The molecule has 1 fully saturated rings. The van der Waals surface area contributed by atoms with Crippen LogP contribution < -0.4 is 4.74 Å². The van der Waals surface area contributed by atoms with Crippen molar-refractivity contribution in [1.29, 1.82) is 0 Å². The SMILES string of the molecule is OCC1(CCOc2ccccc2)CCN(Cc2nc3ccccc3s2)CC1. The smallest absolute Gasteiger partial charge is 0.119 e. The molecule has 1 saturated heterocycles. The first-order chi connectivity index (χ1) is 13.3. The Morgan fingerprint density at radius 3 is 2.52 bits per heavy atom. The Hall–Kier alpha value is -1.95. The Kier molecular flexibility index (Phi) is 5.72. The number of hydrogen-bond acceptors (Lipinski definition) is 5. The van der Waals surface area contributed by atoms with Crippen molar-refractivity contribution in [2.45, 2.75) is 25.8 Å². The van der Waals surface area contributed by atoms with Crippen LogP contribution in [0, 0.1) is 5.41 Å². The third-order valence-electron chi connectivity index (χ3n) is 5.59. The van der Waals surface area contributed by atoms with E-state index in [0.29, 0.717) is 6.61 Å². The monoisotopic (exact) mass is 382 g/mol. The predicted octanol–water partition coefficient (Wildman–Crippen LogP) is 4.34. The molecule has 4 nitrogen and oxygen atoms in total. The summed E-state index contributed by atoms with van der Waals surface area (Å²) in [6.45, 7) is 3.80. The Morgan fingerprint density at radius 2 is 1.78 bits per heavy atom. The molecule has 0 atom stereocenters. The highest BCUT2D eigenvalue weighted by Crippen LogP contribution is 2.35. The summed E-state index contributed by atoms with van der Waals surface area (Å²) in [6, 6.07) is 18.2. The molecule has 0 amide bonds. The molecule has 5 heteroatoms. The number of hydrogen-bond donors (Lipinski definition) is 1. The zero-order chi connectivity index (χ0) is 18.5. The van der Waals surface area contributed by atoms with Crippen molar-refractivity contribution >= 4 is 21.6 Å². The van der Waals surface area contributed by atoms with Crippen LogP contribution in [0.1, 0.15) is 24.3 Å². The van der Waals surface area contributed by atoms with Gasteiger partial charge in [-0.15, -0.1) is 11.3 Å². The first-order valence-corrected chi connectivity index (χ1v) is 10.4. The number of para-hydroxylation sites is 2. The van der Waals surface area contributed by atoms with E-state index in [9.17, 15) is 5.11 Å². The second-order valence-electron chi connectivity index (χ2n) is 7.42. The van der Waals surface area contributed by atoms with Gasteiger partial charge in [0.1, 0.15) is 10.8 Å². The molecule has 1 aliphatic heterocycles. The maximum Gasteiger partial charge on any atom is 0.119 e. The van der Waals surface area contributed by atoms with Gasteiger partial charge in [-0.05, 0) is 62.0 Å². The molecule has 0 saturated carbocycles. The van der Waals surface area contributed by atoms with Crippen LogP contribution in [0.5, 0.6) is 5.75 Å². The number of thiazole rings is 1. The maximum absolute atomic E-state index is 10.0. The number of piperidine rings is 1. The molecule has 3 aromatic rings. The third kappa shape index (κ3) is 4.49. The maximum atomic E-state index is 10.0. The zero-order valence-corrected chi connectivity index (χ0v) is 16.3. The van der Waals surface area contributed by atoms with E-state index in [0.717, 1.165) is 50.2 Å². The quantitative estimate of drug-likeness (QED) is 0.660. The second kappa shape index (κ2) is 8.38. The van der Waals surface area contributed by atoms with Gasteiger partial charge in [0.05, 0.1) is 23.4 Å². The van der Waals surface area contributed by atoms with E-state index < -0.39 is 0 Å². The van der Waals surface area contributed by atoms with Gasteiger partial charge in [-0.25, -0.2) is 4.98 Å². The van der Waals surface area contributed by atoms with Crippen molar-refractivity contribution < 1.29 is 9.84 Å². The fourth-order valence-electron chi connectivity index (χ4n) is 3.75. The van der Waals surface area contributed by atoms with Gasteiger partial charge in [0.25, 0.3) is 0 Å². The fraction of sp³-hybridized carbons (Fsp3) is 0.409. The summed E-state index contributed by atoms with van der Waals surface area (Å²) in [6.07, 6.45) is 2.91. The van der Waals surface area contributed by atoms with Gasteiger partial charge in [-0.2, -0.15) is 0 Å². The summed E-state index contributed by atoms with van der Waals surface area (Å²) < 4.78 is 7.12. The molecule has 27 heavy (non-hydrogen) atoms. The number of aromatic nitrogens is 1. The fourth-order valence-corrected chi connectivity index (χ4v) is 4.76. The Balaban J connectivity index is 1.29. The average Bonchev–Trinajstić information content (AvgIpc) is 3.13. The van der Waals surface area contributed by atoms with E-state index in [-0.39, 0.29) is 12.0 Å². The van der Waals surface area contributed by atoms with Crippen LogP contribution in [-0.2, 0) is 6.54 Å². The molecule has 2 heterocycles. The molecule has 0 aliphatic carbocycles. The molecule has 1 aliphatic rings. The van der Waals surface area contributed by atoms with Crippen LogP contribution in [0.4, 0.5) is 0 Å². The molecular weight excluding hydrogens is 356 g/mol. The standard InChI is InChI=1S/C22H26N2O2S/c25-17-22(12-15-26-18-6-2-1-3-7-18)10-13-24(14-11-22)16-21-23-19-8-4-5-9-20(19)27-21/h1-9,25H,10-17H2. The lowest BCUT2D eigenvalue weighted by atomic mass is 9.76. The van der Waals surface area contributed by atoms with E-state index in [1.54, 1.807) is 11.3 Å². The van der Waals surface area contributed by atoms with E-state index in [1.165, 1.54) is 9.71 Å². The van der Waals surface area contributed by atoms with Crippen LogP contribution in [0.25, 0.3) is 10.2 Å². The minimum Gasteiger partial charge on any atom is -0.494 e. The van der Waals surface area contributed by atoms with Gasteiger partial charge in [-0.3, -0.25) is 4.90 Å². The summed E-state index contributed by atoms with van der Waals surface area (Å²) in [5, 5.41) is 11.2. The summed E-state index contributed by atoms with van der Waals surface area (Å²) in [4.78, 5) is 7.22. The number of nitrogens with zero attached hydrogens (tertiary/aromatic N) is 2. The molecule has 0 radical (unpaired) electrons. The van der Waals surface area contributed by atoms with Crippen molar-refractivity contribution in [3.8, 4) is 5.75 Å². The number of fused-ring (bicyclic) bond motifs is 1. The third-order valence-corrected chi connectivity index (χ3v) is 6.61. The van der Waals surface area contributed by atoms with E-state index in [1.807, 2.05) is 36.4 Å². The van der Waals surface area contributed by atoms with Crippen LogP contribution >= 0.6 is 11.3 Å². The number of rotatable bonds is 7. The first kappa shape index (κ1) is 18.4. The minimum atomic E-state index is -0.0150. The largest absolute Gasteiger partial charge is 0.494 e. The van der Waals surface area contributed by atoms with Gasteiger partial charge in [0.2, 0.25) is 0 Å². The van der Waals surface area contributed by atoms with E-state index in [2.05, 4.69) is 23.1 Å². The predicted molar refractivity (Wildman–Crippen MR) is 110 cm³/mol. The average molecular weight is 383 g/mol. The zero-order valence-electron chi connectivity index (χ0n) is 15.5. The highest BCUT2D eigenvalue weighted by atomic mass is 32.1. The molecule has 1 aromatic heterocycles. The first-order valence-electron chi connectivity index (χ1n) is 9.62. The van der Waals surface area contributed by atoms with Gasteiger partial charge >= 0.3 is 0 Å². The molecule has 2 aromatic carbocycles. The van der Waals surface area contributed by atoms with Crippen LogP contribution in [0.2, 0.25) is 0 Å². The lowest BCUT2D eigenvalue weighted by Crippen LogP contribution is -2.42. The molecule has 0 unspecified atom stereocenters. The summed E-state index contributed by atoms with van der Waals surface area (Å²) in [5.41, 5.74) is 1.08. The van der Waals surface area contributed by atoms with Crippen molar-refractivity contribution in [2.24, 2.45) is 5.41 Å². The minimum absolute atomic E-state index is 0.0150. The van der Waals surface area contributed by atoms with Crippen molar-refractivity contribution in [3.63, 3.8) is 0 Å². The molecule has 1 N–H and O–H groups in total. The summed E-state index contributed by atoms with van der Waals surface area (Å²) in [7, 11) is 0.